The highest BCUT2D eigenvalue weighted by atomic mass is 32.2. The molecule has 0 aliphatic heterocycles. The average Bonchev–Trinajstić information content (AvgIpc) is 2.91. The maximum absolute atomic E-state index is 12.6. The first-order chi connectivity index (χ1) is 18.3. The maximum Gasteiger partial charge on any atom is 0.263 e. The number of carbonyl (C=O) groups excluding carboxylic acids is 1. The zero-order valence-corrected chi connectivity index (χ0v) is 22.9. The molecule has 0 bridgehead atoms. The molecule has 0 aliphatic carbocycles. The Kier molecular flexibility index (Phi) is 10.8. The van der Waals surface area contributed by atoms with Crippen molar-refractivity contribution in [3.05, 3.63) is 66.5 Å². The molecule has 0 saturated heterocycles. The van der Waals surface area contributed by atoms with Gasteiger partial charge in [0.2, 0.25) is 5.88 Å². The summed E-state index contributed by atoms with van der Waals surface area (Å²) < 4.78 is 38.4. The van der Waals surface area contributed by atoms with E-state index in [9.17, 15) is 13.2 Å². The number of rotatable bonds is 13. The standard InChI is InChI=1S/C26H31N5O5S2/c1-3-4-5-6-7-16-36-21-12-8-19(9-13-21)25(32)30-26(37)29-20-10-14-22(15-11-20)38(33,34)31-23-17-24(35-2)28-18-27-23/h8-15,17-18H,3-7,16H2,1-2H3,(H,27,28,31)(H2,29,30,32,37). The van der Waals surface area contributed by atoms with Gasteiger partial charge in [0.05, 0.1) is 18.6 Å². The van der Waals surface area contributed by atoms with Crippen molar-refractivity contribution in [3.63, 3.8) is 0 Å². The Labute approximate surface area is 228 Å². The van der Waals surface area contributed by atoms with Gasteiger partial charge in [0.1, 0.15) is 17.9 Å². The van der Waals surface area contributed by atoms with Crippen molar-refractivity contribution in [1.29, 1.82) is 0 Å². The predicted octanol–water partition coefficient (Wildman–Crippen LogP) is 4.76. The topological polar surface area (TPSA) is 132 Å². The van der Waals surface area contributed by atoms with Gasteiger partial charge >= 0.3 is 0 Å². The summed E-state index contributed by atoms with van der Waals surface area (Å²) in [5.74, 6) is 0.633. The monoisotopic (exact) mass is 557 g/mol. The van der Waals surface area contributed by atoms with Gasteiger partial charge in [-0.1, -0.05) is 32.6 Å². The van der Waals surface area contributed by atoms with Gasteiger partial charge in [-0.3, -0.25) is 14.8 Å². The van der Waals surface area contributed by atoms with Crippen LogP contribution in [0.1, 0.15) is 49.4 Å². The number of amides is 1. The number of anilines is 2. The van der Waals surface area contributed by atoms with E-state index >= 15 is 0 Å². The second-order valence-electron chi connectivity index (χ2n) is 8.27. The van der Waals surface area contributed by atoms with Crippen LogP contribution in [0.4, 0.5) is 11.5 Å². The fourth-order valence-electron chi connectivity index (χ4n) is 3.36. The quantitative estimate of drug-likeness (QED) is 0.201. The third-order valence-electron chi connectivity index (χ3n) is 5.37. The first-order valence-corrected chi connectivity index (χ1v) is 14.0. The van der Waals surface area contributed by atoms with Gasteiger partial charge in [0.25, 0.3) is 15.9 Å². The minimum atomic E-state index is -3.89. The lowest BCUT2D eigenvalue weighted by atomic mass is 10.2. The second-order valence-corrected chi connectivity index (χ2v) is 10.4. The SMILES string of the molecule is CCCCCCCOc1ccc(C(=O)NC(=S)Nc2ccc(S(=O)(=O)Nc3cc(OC)ncn3)cc2)cc1. The molecule has 2 aromatic carbocycles. The summed E-state index contributed by atoms with van der Waals surface area (Å²) in [7, 11) is -2.47. The van der Waals surface area contributed by atoms with Crippen molar-refractivity contribution in [2.24, 2.45) is 0 Å². The molecular formula is C26H31N5O5S2. The summed E-state index contributed by atoms with van der Waals surface area (Å²) in [5, 5.41) is 5.55. The van der Waals surface area contributed by atoms with E-state index in [1.54, 1.807) is 24.3 Å². The molecule has 0 saturated carbocycles. The van der Waals surface area contributed by atoms with Crippen LogP contribution in [0.2, 0.25) is 0 Å². The van der Waals surface area contributed by atoms with E-state index in [0.29, 0.717) is 23.6 Å². The number of hydrogen-bond acceptors (Lipinski definition) is 8. The summed E-state index contributed by atoms with van der Waals surface area (Å²) in [6, 6.07) is 14.1. The van der Waals surface area contributed by atoms with Crippen LogP contribution in [0.5, 0.6) is 11.6 Å². The molecule has 38 heavy (non-hydrogen) atoms. The Morgan fingerprint density at radius 2 is 1.68 bits per heavy atom. The summed E-state index contributed by atoms with van der Waals surface area (Å²) in [5.41, 5.74) is 0.930. The molecule has 12 heteroatoms. The summed E-state index contributed by atoms with van der Waals surface area (Å²) in [4.78, 5) is 20.3. The number of carbonyl (C=O) groups is 1. The molecule has 0 spiro atoms. The predicted molar refractivity (Wildman–Crippen MR) is 150 cm³/mol. The van der Waals surface area contributed by atoms with E-state index in [4.69, 9.17) is 21.7 Å². The van der Waals surface area contributed by atoms with Gasteiger partial charge in [0.15, 0.2) is 5.11 Å². The molecule has 0 aliphatic rings. The average molecular weight is 558 g/mol. The number of methoxy groups -OCH3 is 1. The van der Waals surface area contributed by atoms with Gasteiger partial charge in [-0.05, 0) is 67.2 Å². The lowest BCUT2D eigenvalue weighted by Gasteiger charge is -2.11. The van der Waals surface area contributed by atoms with Gasteiger partial charge < -0.3 is 14.8 Å². The Morgan fingerprint density at radius 3 is 2.37 bits per heavy atom. The number of aromatic nitrogens is 2. The Morgan fingerprint density at radius 1 is 0.974 bits per heavy atom. The van der Waals surface area contributed by atoms with E-state index in [2.05, 4.69) is 32.2 Å². The van der Waals surface area contributed by atoms with Crippen LogP contribution < -0.4 is 24.8 Å². The van der Waals surface area contributed by atoms with E-state index in [-0.39, 0.29) is 27.6 Å². The largest absolute Gasteiger partial charge is 0.494 e. The molecule has 1 heterocycles. The van der Waals surface area contributed by atoms with E-state index in [1.165, 1.54) is 63.0 Å². The third kappa shape index (κ3) is 8.96. The Balaban J connectivity index is 1.48. The number of benzene rings is 2. The fourth-order valence-corrected chi connectivity index (χ4v) is 4.57. The number of thiocarbonyl (C=S) groups is 1. The van der Waals surface area contributed by atoms with Crippen LogP contribution in [-0.2, 0) is 10.0 Å². The lowest BCUT2D eigenvalue weighted by Crippen LogP contribution is -2.34. The van der Waals surface area contributed by atoms with E-state index in [0.717, 1.165) is 12.8 Å². The minimum absolute atomic E-state index is 0.0128. The fraction of sp³-hybridized carbons (Fsp3) is 0.308. The first-order valence-electron chi connectivity index (χ1n) is 12.1. The number of hydrogen-bond donors (Lipinski definition) is 3. The molecule has 202 valence electrons. The van der Waals surface area contributed by atoms with Crippen molar-refractivity contribution >= 4 is 44.8 Å². The molecular weight excluding hydrogens is 526 g/mol. The molecule has 3 N–H and O–H groups in total. The Hall–Kier alpha value is -3.77. The lowest BCUT2D eigenvalue weighted by molar-refractivity contribution is 0.0977. The third-order valence-corrected chi connectivity index (χ3v) is 6.95. The van der Waals surface area contributed by atoms with Gasteiger partial charge in [-0.25, -0.2) is 18.4 Å². The normalized spacial score (nSPS) is 10.9. The number of sulfonamides is 1. The second kappa shape index (κ2) is 14.2. The minimum Gasteiger partial charge on any atom is -0.494 e. The number of unbranched alkanes of at least 4 members (excludes halogenated alkanes) is 4. The highest BCUT2D eigenvalue weighted by molar-refractivity contribution is 7.92. The molecule has 0 radical (unpaired) electrons. The number of nitrogens with one attached hydrogen (secondary N) is 3. The van der Waals surface area contributed by atoms with Gasteiger partial charge in [-0.15, -0.1) is 0 Å². The maximum atomic E-state index is 12.6. The number of ether oxygens (including phenoxy) is 2. The first kappa shape index (κ1) is 28.8. The molecule has 0 unspecified atom stereocenters. The highest BCUT2D eigenvalue weighted by Gasteiger charge is 2.16. The van der Waals surface area contributed by atoms with Crippen molar-refractivity contribution < 1.29 is 22.7 Å². The van der Waals surface area contributed by atoms with Crippen LogP contribution in [0.25, 0.3) is 0 Å². The van der Waals surface area contributed by atoms with Gasteiger partial charge in [-0.2, -0.15) is 0 Å². The van der Waals surface area contributed by atoms with Crippen molar-refractivity contribution in [2.45, 2.75) is 43.9 Å². The van der Waals surface area contributed by atoms with Crippen LogP contribution >= 0.6 is 12.2 Å². The van der Waals surface area contributed by atoms with E-state index < -0.39 is 10.0 Å². The summed E-state index contributed by atoms with van der Waals surface area (Å²) in [6.07, 6.45) is 7.01. The molecule has 3 rings (SSSR count). The van der Waals surface area contributed by atoms with Crippen molar-refractivity contribution in [2.75, 3.05) is 23.8 Å². The summed E-state index contributed by atoms with van der Waals surface area (Å²) >= 11 is 5.23. The number of nitrogens with zero attached hydrogens (tertiary/aromatic N) is 2. The molecule has 1 aromatic heterocycles. The molecule has 1 amide bonds. The van der Waals surface area contributed by atoms with Crippen LogP contribution in [-0.4, -0.2) is 43.1 Å². The zero-order chi connectivity index (χ0) is 27.4. The molecule has 3 aromatic rings. The van der Waals surface area contributed by atoms with E-state index in [1.807, 2.05) is 0 Å². The smallest absolute Gasteiger partial charge is 0.263 e. The molecule has 10 nitrogen and oxygen atoms in total. The van der Waals surface area contributed by atoms with Crippen LogP contribution in [0.3, 0.4) is 0 Å². The van der Waals surface area contributed by atoms with Gasteiger partial charge in [0, 0.05) is 17.3 Å². The molecule has 0 fully saturated rings. The van der Waals surface area contributed by atoms with Crippen molar-refractivity contribution in [1.82, 2.24) is 15.3 Å². The van der Waals surface area contributed by atoms with Crippen LogP contribution in [0, 0.1) is 0 Å². The van der Waals surface area contributed by atoms with Crippen LogP contribution in [0.15, 0.2) is 65.8 Å². The Bertz CT molecular complexity index is 1320. The molecule has 0 atom stereocenters. The summed E-state index contributed by atoms with van der Waals surface area (Å²) in [6.45, 7) is 2.83. The van der Waals surface area contributed by atoms with Crippen molar-refractivity contribution in [3.8, 4) is 11.6 Å². The zero-order valence-electron chi connectivity index (χ0n) is 21.3. The highest BCUT2D eigenvalue weighted by Crippen LogP contribution is 2.19.